The van der Waals surface area contributed by atoms with E-state index in [0.29, 0.717) is 22.8 Å². The Morgan fingerprint density at radius 1 is 0.409 bits per heavy atom. The number of halogens is 11. The molecule has 8 heterocycles. The second-order valence-electron chi connectivity index (χ2n) is 11.5. The zero-order chi connectivity index (χ0) is 47.7. The van der Waals surface area contributed by atoms with Gasteiger partial charge in [-0.1, -0.05) is 34.8 Å². The Hall–Kier alpha value is -6.66. The number of alkyl halides is 3. The molecule has 0 aliphatic carbocycles. The van der Waals surface area contributed by atoms with E-state index in [1.54, 1.807) is 105 Å². The van der Waals surface area contributed by atoms with Crippen LogP contribution in [0, 0.1) is 11.3 Å². The molecule has 0 unspecified atom stereocenters. The zero-order valence-corrected chi connectivity index (χ0v) is 36.6. The molecular weight excluding hydrogens is 989 g/mol. The second-order valence-corrected chi connectivity index (χ2v) is 13.5. The molecule has 0 amide bonds. The van der Waals surface area contributed by atoms with Gasteiger partial charge in [-0.25, -0.2) is 9.97 Å². The molecule has 8 aromatic heterocycles. The minimum absolute atomic E-state index is 0. The maximum atomic E-state index is 9.75. The molecule has 27 heteroatoms. The van der Waals surface area contributed by atoms with Crippen LogP contribution in [0.3, 0.4) is 0 Å². The molecule has 8 rings (SSSR count). The van der Waals surface area contributed by atoms with Crippen LogP contribution in [0.25, 0.3) is 67.8 Å². The summed E-state index contributed by atoms with van der Waals surface area (Å²) in [5, 5.41) is 7.32. The van der Waals surface area contributed by atoms with E-state index in [0.717, 1.165) is 45.0 Å². The summed E-state index contributed by atoms with van der Waals surface area (Å²) in [6.45, 7) is 1.43. The molecule has 0 aliphatic rings. The fourth-order valence-corrected chi connectivity index (χ4v) is 4.73. The predicted molar refractivity (Wildman–Crippen MR) is 232 cm³/mol. The SMILES string of the molecule is CC#N.ClC(Cl)Cl.F[B-](F)(F)F.F[B-](F)(F)F.[Ni+2].c1cc(-c2cc(-c3cnccn3)nc(-c3cnccn3)c2)ccn1.c1cc(-c2cc(-c3cnccn3)nc(-c3cnccn3)c2)ccn1. The van der Waals surface area contributed by atoms with E-state index >= 15 is 0 Å². The molecule has 0 N–H and O–H groups in total. The third-order valence-corrected chi connectivity index (χ3v) is 6.98. The van der Waals surface area contributed by atoms with Crippen LogP contribution in [0.4, 0.5) is 34.5 Å². The Labute approximate surface area is 396 Å². The molecule has 8 aromatic rings. The van der Waals surface area contributed by atoms with Gasteiger partial charge in [0.25, 0.3) is 0 Å². The topological polar surface area (TPSA) is 178 Å². The number of hydrogen-bond donors (Lipinski definition) is 0. The Morgan fingerprint density at radius 2 is 0.621 bits per heavy atom. The maximum Gasteiger partial charge on any atom is 2.00 e. The molecule has 0 aliphatic heterocycles. The van der Waals surface area contributed by atoms with Crippen molar-refractivity contribution in [1.82, 2.24) is 59.8 Å². The van der Waals surface area contributed by atoms with E-state index in [-0.39, 0.29) is 16.5 Å². The van der Waals surface area contributed by atoms with Gasteiger partial charge < -0.3 is 34.5 Å². The largest absolute Gasteiger partial charge is 2.00 e. The minimum atomic E-state index is -6.00. The molecule has 342 valence electrons. The average Bonchev–Trinajstić information content (AvgIpc) is 3.30. The van der Waals surface area contributed by atoms with E-state index in [1.165, 1.54) is 6.92 Å². The summed E-state index contributed by atoms with van der Waals surface area (Å²) < 4.78 is 77.2. The van der Waals surface area contributed by atoms with Gasteiger partial charge in [-0.2, -0.15) is 5.26 Å². The van der Waals surface area contributed by atoms with Gasteiger partial charge in [0, 0.05) is 81.3 Å². The number of nitrogens with zero attached hydrogens (tertiary/aromatic N) is 13. The van der Waals surface area contributed by atoms with Gasteiger partial charge in [0.2, 0.25) is 0 Å². The average molecular weight is 1020 g/mol. The van der Waals surface area contributed by atoms with E-state index in [2.05, 4.69) is 59.8 Å². The molecule has 0 atom stereocenters. The molecule has 0 bridgehead atoms. The van der Waals surface area contributed by atoms with Crippen LogP contribution >= 0.6 is 34.8 Å². The third-order valence-electron chi connectivity index (χ3n) is 6.98. The van der Waals surface area contributed by atoms with Crippen LogP contribution in [0.15, 0.2) is 148 Å². The van der Waals surface area contributed by atoms with Crippen molar-refractivity contribution in [1.29, 1.82) is 5.26 Å². The monoisotopic (exact) mass is 1020 g/mol. The van der Waals surface area contributed by atoms with Crippen LogP contribution in [-0.4, -0.2) is 78.6 Å². The summed E-state index contributed by atoms with van der Waals surface area (Å²) in [6, 6.07) is 17.5. The standard InChI is InChI=1S/2C18H12N6.C2H3N.CHCl3.2BF4.Ni/c2*1-3-19-4-2-13(1)14-9-15(17-11-20-5-7-22-17)24-16(10-14)18-12-21-6-8-23-18;1-2-3;2-1(3)4;2*2-1(3,4)5;/h2*1-12H;1H3;1H;;;/q;;;;2*-1;+2. The van der Waals surface area contributed by atoms with Crippen LogP contribution in [0.2, 0.25) is 0 Å². The molecular formula is C39H28B2Cl3F8N13Ni. The van der Waals surface area contributed by atoms with Gasteiger partial charge in [-0.05, 0) is 70.8 Å². The fourth-order valence-electron chi connectivity index (χ4n) is 4.73. The first-order chi connectivity index (χ1) is 30.9. The van der Waals surface area contributed by atoms with Gasteiger partial charge in [-0.3, -0.25) is 49.8 Å². The molecule has 0 saturated heterocycles. The van der Waals surface area contributed by atoms with Crippen molar-refractivity contribution >= 4 is 49.3 Å². The normalized spacial score (nSPS) is 10.1. The van der Waals surface area contributed by atoms with Crippen LogP contribution in [0.1, 0.15) is 6.92 Å². The summed E-state index contributed by atoms with van der Waals surface area (Å²) in [6.07, 6.45) is 27.0. The second kappa shape index (κ2) is 29.0. The van der Waals surface area contributed by atoms with E-state index in [4.69, 9.17) is 40.1 Å². The minimum Gasteiger partial charge on any atom is -0.418 e. The van der Waals surface area contributed by atoms with Gasteiger partial charge in [0.1, 0.15) is 22.8 Å². The van der Waals surface area contributed by atoms with Crippen molar-refractivity contribution in [3.63, 3.8) is 0 Å². The Balaban J connectivity index is 0.000000334. The smallest absolute Gasteiger partial charge is 0.418 e. The molecule has 0 saturated carbocycles. The molecule has 0 spiro atoms. The maximum absolute atomic E-state index is 9.75. The van der Waals surface area contributed by atoms with Crippen LogP contribution < -0.4 is 0 Å². The van der Waals surface area contributed by atoms with Crippen LogP contribution in [-0.2, 0) is 16.5 Å². The molecule has 0 aromatic carbocycles. The summed E-state index contributed by atoms with van der Waals surface area (Å²) in [5.41, 5.74) is 9.87. The quantitative estimate of drug-likeness (QED) is 0.0873. The number of hydrogen-bond acceptors (Lipinski definition) is 13. The molecule has 66 heavy (non-hydrogen) atoms. The third kappa shape index (κ3) is 22.8. The number of nitriles is 1. The van der Waals surface area contributed by atoms with Gasteiger partial charge in [0.15, 0.2) is 4.30 Å². The van der Waals surface area contributed by atoms with Crippen molar-refractivity contribution in [3.05, 3.63) is 148 Å². The van der Waals surface area contributed by atoms with Crippen LogP contribution in [0.5, 0.6) is 0 Å². The summed E-state index contributed by atoms with van der Waals surface area (Å²) in [5.74, 6) is 0. The summed E-state index contributed by atoms with van der Waals surface area (Å²) in [7, 11) is -12.0. The van der Waals surface area contributed by atoms with Crippen molar-refractivity contribution in [3.8, 4) is 73.9 Å². The van der Waals surface area contributed by atoms with E-state index < -0.39 is 18.8 Å². The Kier molecular flexibility index (Phi) is 24.4. The molecule has 0 radical (unpaired) electrons. The Bertz CT molecular complexity index is 2160. The summed E-state index contributed by atoms with van der Waals surface area (Å²) >= 11 is 14.4. The van der Waals surface area contributed by atoms with Crippen molar-refractivity contribution in [2.75, 3.05) is 0 Å². The van der Waals surface area contributed by atoms with Gasteiger partial charge in [-0.15, -0.1) is 0 Å². The van der Waals surface area contributed by atoms with E-state index in [9.17, 15) is 34.5 Å². The van der Waals surface area contributed by atoms with Gasteiger partial charge >= 0.3 is 31.0 Å². The first kappa shape index (κ1) is 55.5. The van der Waals surface area contributed by atoms with Gasteiger partial charge in [0.05, 0.1) is 53.6 Å². The number of aromatic nitrogens is 12. The first-order valence-electron chi connectivity index (χ1n) is 17.8. The number of rotatable bonds is 6. The predicted octanol–water partition coefficient (Wildman–Crippen LogP) is 11.2. The first-order valence-corrected chi connectivity index (χ1v) is 19.1. The molecule has 13 nitrogen and oxygen atoms in total. The Morgan fingerprint density at radius 3 is 0.803 bits per heavy atom. The van der Waals surface area contributed by atoms with Crippen molar-refractivity contribution in [2.24, 2.45) is 0 Å². The fraction of sp³-hybridized carbons (Fsp3) is 0.0513. The van der Waals surface area contributed by atoms with Crippen molar-refractivity contribution in [2.45, 2.75) is 11.2 Å². The zero-order valence-electron chi connectivity index (χ0n) is 33.4. The molecule has 0 fully saturated rings. The van der Waals surface area contributed by atoms with E-state index in [1.807, 2.05) is 48.5 Å². The summed E-state index contributed by atoms with van der Waals surface area (Å²) in [4.78, 5) is 51.4. The number of pyridine rings is 4. The van der Waals surface area contributed by atoms with Crippen molar-refractivity contribution < 1.29 is 51.0 Å².